The highest BCUT2D eigenvalue weighted by atomic mass is 16.1. The van der Waals surface area contributed by atoms with Crippen LogP contribution in [0.15, 0.2) is 0 Å². The normalized spacial score (nSPS) is 13.0. The predicted molar refractivity (Wildman–Crippen MR) is 52.1 cm³/mol. The smallest absolute Gasteiger partial charge is 0.149 e. The average molecular weight is 182 g/mol. The molecule has 3 nitrogen and oxygen atoms in total. The molecule has 0 aromatic carbocycles. The van der Waals surface area contributed by atoms with Crippen LogP contribution in [0.25, 0.3) is 0 Å². The monoisotopic (exact) mass is 182 g/mol. The van der Waals surface area contributed by atoms with Gasteiger partial charge in [-0.15, -0.1) is 0 Å². The van der Waals surface area contributed by atoms with Crippen molar-refractivity contribution in [2.75, 3.05) is 20.1 Å². The highest BCUT2D eigenvalue weighted by Crippen LogP contribution is 1.99. The van der Waals surface area contributed by atoms with Crippen molar-refractivity contribution in [2.45, 2.75) is 20.8 Å². The topological polar surface area (TPSA) is 44.1 Å². The fourth-order valence-electron chi connectivity index (χ4n) is 1.02. The number of hydrogen-bond acceptors (Lipinski definition) is 3. The first kappa shape index (κ1) is 12.1. The Hall–Kier alpha value is -0.880. The molecule has 3 heteroatoms. The van der Waals surface area contributed by atoms with Gasteiger partial charge in [-0.25, -0.2) is 0 Å². The van der Waals surface area contributed by atoms with Gasteiger partial charge in [0.2, 0.25) is 0 Å². The second-order valence-electron chi connectivity index (χ2n) is 3.85. The molecule has 0 bridgehead atoms. The summed E-state index contributed by atoms with van der Waals surface area (Å²) in [5.41, 5.74) is 0. The van der Waals surface area contributed by atoms with Gasteiger partial charge in [-0.05, 0) is 14.0 Å². The maximum absolute atomic E-state index is 11.3. The molecule has 0 saturated carbocycles. The van der Waals surface area contributed by atoms with E-state index in [1.165, 1.54) is 0 Å². The molecule has 0 heterocycles. The summed E-state index contributed by atoms with van der Waals surface area (Å²) in [6.45, 7) is 6.75. The zero-order valence-electron chi connectivity index (χ0n) is 8.87. The first-order valence-corrected chi connectivity index (χ1v) is 4.58. The summed E-state index contributed by atoms with van der Waals surface area (Å²) >= 11 is 0. The largest absolute Gasteiger partial charge is 0.298 e. The minimum Gasteiger partial charge on any atom is -0.298 e. The van der Waals surface area contributed by atoms with Crippen LogP contribution in [0.4, 0.5) is 0 Å². The van der Waals surface area contributed by atoms with Gasteiger partial charge < -0.3 is 0 Å². The van der Waals surface area contributed by atoms with Crippen molar-refractivity contribution in [1.29, 1.82) is 5.26 Å². The van der Waals surface area contributed by atoms with E-state index < -0.39 is 0 Å². The lowest BCUT2D eigenvalue weighted by atomic mass is 10.1. The van der Waals surface area contributed by atoms with Crippen molar-refractivity contribution in [1.82, 2.24) is 4.90 Å². The Morgan fingerprint density at radius 2 is 2.00 bits per heavy atom. The molecule has 13 heavy (non-hydrogen) atoms. The number of carbonyl (C=O) groups excluding carboxylic acids is 1. The highest BCUT2D eigenvalue weighted by molar-refractivity contribution is 5.82. The Bertz CT molecular complexity index is 205. The number of hydrogen-bond donors (Lipinski definition) is 0. The minimum absolute atomic E-state index is 0.00929. The van der Waals surface area contributed by atoms with Crippen LogP contribution in [0.2, 0.25) is 0 Å². The number of nitriles is 1. The number of carbonyl (C=O) groups is 1. The van der Waals surface area contributed by atoms with Crippen LogP contribution >= 0.6 is 0 Å². The van der Waals surface area contributed by atoms with Crippen LogP contribution in [-0.2, 0) is 4.79 Å². The summed E-state index contributed by atoms with van der Waals surface area (Å²) in [5.74, 6) is 0.303. The van der Waals surface area contributed by atoms with Crippen LogP contribution in [-0.4, -0.2) is 30.8 Å². The van der Waals surface area contributed by atoms with Gasteiger partial charge in [0.1, 0.15) is 5.78 Å². The molecular formula is C10H18N2O. The van der Waals surface area contributed by atoms with Gasteiger partial charge in [0, 0.05) is 12.5 Å². The molecule has 0 spiro atoms. The average Bonchev–Trinajstić information content (AvgIpc) is 2.03. The van der Waals surface area contributed by atoms with Crippen LogP contribution < -0.4 is 0 Å². The van der Waals surface area contributed by atoms with Gasteiger partial charge in [0.25, 0.3) is 0 Å². The number of rotatable bonds is 5. The molecular weight excluding hydrogens is 164 g/mol. The van der Waals surface area contributed by atoms with E-state index in [0.29, 0.717) is 13.1 Å². The van der Waals surface area contributed by atoms with E-state index in [-0.39, 0.29) is 17.6 Å². The van der Waals surface area contributed by atoms with Crippen molar-refractivity contribution in [3.8, 4) is 6.07 Å². The third kappa shape index (κ3) is 5.37. The van der Waals surface area contributed by atoms with Crippen molar-refractivity contribution in [3.05, 3.63) is 0 Å². The summed E-state index contributed by atoms with van der Waals surface area (Å²) in [7, 11) is 1.87. The number of nitrogens with zero attached hydrogens (tertiary/aromatic N) is 2. The zero-order valence-corrected chi connectivity index (χ0v) is 8.87. The fourth-order valence-corrected chi connectivity index (χ4v) is 1.02. The van der Waals surface area contributed by atoms with Crippen molar-refractivity contribution in [2.24, 2.45) is 11.8 Å². The minimum atomic E-state index is -0.00929. The lowest BCUT2D eigenvalue weighted by Gasteiger charge is -2.17. The lowest BCUT2D eigenvalue weighted by molar-refractivity contribution is -0.122. The molecule has 1 atom stereocenters. The molecule has 0 aliphatic heterocycles. The summed E-state index contributed by atoms with van der Waals surface area (Å²) in [6, 6.07) is 2.15. The van der Waals surface area contributed by atoms with Crippen LogP contribution in [0.1, 0.15) is 20.8 Å². The van der Waals surface area contributed by atoms with Crippen LogP contribution in [0, 0.1) is 23.2 Å². The summed E-state index contributed by atoms with van der Waals surface area (Å²) in [5, 5.41) is 8.57. The standard InChI is InChI=1S/C10H18N2O/c1-8(2)10(13)7-12(4)6-9(3)5-11/h8-9H,6-7H2,1-4H3. The predicted octanol–water partition coefficient (Wildman–Crippen LogP) is 1.30. The molecule has 0 amide bonds. The molecule has 74 valence electrons. The molecule has 0 N–H and O–H groups in total. The number of Topliss-reactive ketones (excluding diaryl/α,β-unsaturated/α-hetero) is 1. The van der Waals surface area contributed by atoms with Gasteiger partial charge in [-0.3, -0.25) is 9.69 Å². The Kier molecular flexibility index (Phi) is 5.33. The molecule has 0 aliphatic carbocycles. The summed E-state index contributed by atoms with van der Waals surface area (Å²) < 4.78 is 0. The number of likely N-dealkylation sites (N-methyl/N-ethyl adjacent to an activating group) is 1. The molecule has 0 aromatic heterocycles. The third-order valence-electron chi connectivity index (χ3n) is 1.88. The van der Waals surface area contributed by atoms with E-state index in [4.69, 9.17) is 5.26 Å². The quantitative estimate of drug-likeness (QED) is 0.643. The van der Waals surface area contributed by atoms with Crippen LogP contribution in [0.5, 0.6) is 0 Å². The maximum atomic E-state index is 11.3. The van der Waals surface area contributed by atoms with Crippen molar-refractivity contribution < 1.29 is 4.79 Å². The molecule has 0 aromatic rings. The molecule has 0 rings (SSSR count). The number of ketones is 1. The van der Waals surface area contributed by atoms with Gasteiger partial charge in [-0.1, -0.05) is 13.8 Å². The summed E-state index contributed by atoms with van der Waals surface area (Å²) in [6.07, 6.45) is 0. The molecule has 0 aliphatic rings. The molecule has 1 unspecified atom stereocenters. The van der Waals surface area contributed by atoms with E-state index in [9.17, 15) is 4.79 Å². The Morgan fingerprint density at radius 3 is 2.38 bits per heavy atom. The second-order valence-corrected chi connectivity index (χ2v) is 3.85. The van der Waals surface area contributed by atoms with E-state index in [2.05, 4.69) is 6.07 Å². The second kappa shape index (κ2) is 5.71. The van der Waals surface area contributed by atoms with E-state index in [0.717, 1.165) is 0 Å². The van der Waals surface area contributed by atoms with Gasteiger partial charge >= 0.3 is 0 Å². The Morgan fingerprint density at radius 1 is 1.46 bits per heavy atom. The van der Waals surface area contributed by atoms with Gasteiger partial charge in [0.05, 0.1) is 18.5 Å². The Labute approximate surface area is 80.3 Å². The maximum Gasteiger partial charge on any atom is 0.149 e. The molecule has 0 fully saturated rings. The van der Waals surface area contributed by atoms with Gasteiger partial charge in [-0.2, -0.15) is 5.26 Å². The SMILES string of the molecule is CC(C#N)CN(C)CC(=O)C(C)C. The van der Waals surface area contributed by atoms with Crippen LogP contribution in [0.3, 0.4) is 0 Å². The molecule has 0 radical (unpaired) electrons. The molecule has 0 saturated heterocycles. The summed E-state index contributed by atoms with van der Waals surface area (Å²) in [4.78, 5) is 13.2. The third-order valence-corrected chi connectivity index (χ3v) is 1.88. The van der Waals surface area contributed by atoms with Crippen molar-refractivity contribution in [3.63, 3.8) is 0 Å². The van der Waals surface area contributed by atoms with Crippen molar-refractivity contribution >= 4 is 5.78 Å². The first-order valence-electron chi connectivity index (χ1n) is 4.58. The Balaban J connectivity index is 3.82. The van der Waals surface area contributed by atoms with Gasteiger partial charge in [0.15, 0.2) is 0 Å². The van der Waals surface area contributed by atoms with E-state index in [1.807, 2.05) is 32.7 Å². The first-order chi connectivity index (χ1) is 5.97. The van der Waals surface area contributed by atoms with E-state index >= 15 is 0 Å². The lowest BCUT2D eigenvalue weighted by Crippen LogP contribution is -2.31. The van der Waals surface area contributed by atoms with E-state index in [1.54, 1.807) is 0 Å². The fraction of sp³-hybridized carbons (Fsp3) is 0.800. The highest BCUT2D eigenvalue weighted by Gasteiger charge is 2.12. The zero-order chi connectivity index (χ0) is 10.4.